The van der Waals surface area contributed by atoms with Gasteiger partial charge in [-0.1, -0.05) is 30.3 Å². The van der Waals surface area contributed by atoms with Crippen molar-refractivity contribution in [3.8, 4) is 11.5 Å². The molecule has 9 nitrogen and oxygen atoms in total. The number of rotatable bonds is 7. The summed E-state index contributed by atoms with van der Waals surface area (Å²) in [5.41, 5.74) is 1.42. The fraction of sp³-hybridized carbons (Fsp3) is 0.217. The summed E-state index contributed by atoms with van der Waals surface area (Å²) in [5.74, 6) is -1.16. The minimum absolute atomic E-state index is 0. The Hall–Kier alpha value is -3.14. The third kappa shape index (κ3) is 6.92. The third-order valence-electron chi connectivity index (χ3n) is 4.88. The van der Waals surface area contributed by atoms with E-state index in [1.54, 1.807) is 24.3 Å². The Labute approximate surface area is 214 Å². The van der Waals surface area contributed by atoms with E-state index in [1.165, 1.54) is 24.2 Å². The minimum Gasteiger partial charge on any atom is -1.00 e. The topological polar surface area (TPSA) is 125 Å². The van der Waals surface area contributed by atoms with Gasteiger partial charge in [-0.15, -0.1) is 0 Å². The maximum Gasteiger partial charge on any atom is 1.00 e. The summed E-state index contributed by atoms with van der Waals surface area (Å²) in [7, 11) is 1.46. The number of carboxylic acid groups (broad SMARTS) is 1. The van der Waals surface area contributed by atoms with Crippen LogP contribution in [0.15, 0.2) is 60.8 Å². The molecule has 3 rings (SSSR count). The van der Waals surface area contributed by atoms with E-state index in [4.69, 9.17) is 4.74 Å². The third-order valence-corrected chi connectivity index (χ3v) is 4.88. The van der Waals surface area contributed by atoms with Crippen LogP contribution in [-0.4, -0.2) is 46.8 Å². The summed E-state index contributed by atoms with van der Waals surface area (Å²) in [5, 5.41) is 14.2. The van der Waals surface area contributed by atoms with E-state index in [2.05, 4.69) is 10.6 Å². The SMILES string of the molecule is Cc1ccccc1Oc1cccc(C(CC(=O)O)NC(=O)NC2C(=O)C=CN(C)C2=O)c1.[H-].[Na+]. The number of benzene rings is 2. The van der Waals surface area contributed by atoms with Crippen molar-refractivity contribution in [2.45, 2.75) is 25.4 Å². The number of carboxylic acids is 1. The quantitative estimate of drug-likeness (QED) is 0.382. The zero-order valence-electron chi connectivity index (χ0n) is 19.6. The number of para-hydroxylation sites is 1. The normalized spacial score (nSPS) is 15.9. The molecule has 2 atom stereocenters. The minimum atomic E-state index is -1.37. The van der Waals surface area contributed by atoms with E-state index >= 15 is 0 Å². The summed E-state index contributed by atoms with van der Waals surface area (Å²) in [6, 6.07) is 11.0. The van der Waals surface area contributed by atoms with Crippen LogP contribution >= 0.6 is 0 Å². The number of likely N-dealkylation sites (N-methyl/N-ethyl adjacent to an activating group) is 1. The number of amides is 3. The molecule has 2 unspecified atom stereocenters. The molecule has 168 valence electrons. The molecule has 0 radical (unpaired) electrons. The van der Waals surface area contributed by atoms with Crippen LogP contribution in [0.3, 0.4) is 0 Å². The van der Waals surface area contributed by atoms with Gasteiger partial charge in [-0.2, -0.15) is 0 Å². The molecule has 0 saturated carbocycles. The van der Waals surface area contributed by atoms with Crippen LogP contribution in [0.4, 0.5) is 4.79 Å². The molecule has 2 aromatic rings. The molecule has 33 heavy (non-hydrogen) atoms. The number of aryl methyl sites for hydroxylation is 1. The Balaban J connectivity index is 0.00000289. The zero-order chi connectivity index (χ0) is 23.3. The molecule has 10 heteroatoms. The Bertz CT molecular complexity index is 1090. The predicted molar refractivity (Wildman–Crippen MR) is 116 cm³/mol. The second kappa shape index (κ2) is 11.6. The molecule has 1 aliphatic heterocycles. The van der Waals surface area contributed by atoms with Crippen LogP contribution in [0.1, 0.15) is 25.0 Å². The molecule has 0 saturated heterocycles. The number of carbonyl (C=O) groups is 4. The fourth-order valence-corrected chi connectivity index (χ4v) is 3.16. The summed E-state index contributed by atoms with van der Waals surface area (Å²) < 4.78 is 5.89. The van der Waals surface area contributed by atoms with Gasteiger partial charge in [-0.3, -0.25) is 14.4 Å². The molecular weight excluding hydrogens is 437 g/mol. The second-order valence-corrected chi connectivity index (χ2v) is 7.31. The van der Waals surface area contributed by atoms with E-state index in [-0.39, 0.29) is 31.0 Å². The van der Waals surface area contributed by atoms with Crippen molar-refractivity contribution in [3.63, 3.8) is 0 Å². The van der Waals surface area contributed by atoms with Gasteiger partial charge in [0.25, 0.3) is 5.91 Å². The fourth-order valence-electron chi connectivity index (χ4n) is 3.16. The molecular formula is C23H24N3NaO6. The maximum absolute atomic E-state index is 12.5. The Morgan fingerprint density at radius 2 is 1.91 bits per heavy atom. The molecule has 0 aromatic heterocycles. The van der Waals surface area contributed by atoms with Crippen molar-refractivity contribution in [1.82, 2.24) is 15.5 Å². The van der Waals surface area contributed by atoms with Gasteiger partial charge in [0.05, 0.1) is 12.5 Å². The number of ketones is 1. The van der Waals surface area contributed by atoms with Crippen LogP contribution in [0.2, 0.25) is 0 Å². The van der Waals surface area contributed by atoms with E-state index in [9.17, 15) is 24.3 Å². The zero-order valence-corrected chi connectivity index (χ0v) is 20.6. The smallest absolute Gasteiger partial charge is 1.00 e. The van der Waals surface area contributed by atoms with Crippen LogP contribution in [-0.2, 0) is 14.4 Å². The first-order valence-corrected chi connectivity index (χ1v) is 9.85. The largest absolute Gasteiger partial charge is 1.00 e. The van der Waals surface area contributed by atoms with Crippen LogP contribution in [0, 0.1) is 6.92 Å². The van der Waals surface area contributed by atoms with Crippen LogP contribution in [0.25, 0.3) is 0 Å². The van der Waals surface area contributed by atoms with Crippen molar-refractivity contribution in [2.75, 3.05) is 7.05 Å². The molecule has 3 N–H and O–H groups in total. The first-order chi connectivity index (χ1) is 15.2. The first kappa shape index (κ1) is 26.1. The summed E-state index contributed by atoms with van der Waals surface area (Å²) in [6.07, 6.45) is 2.09. The van der Waals surface area contributed by atoms with Crippen molar-refractivity contribution < 1.29 is 60.0 Å². The Kier molecular flexibility index (Phi) is 9.22. The van der Waals surface area contributed by atoms with Gasteiger partial charge < -0.3 is 26.8 Å². The number of nitrogens with one attached hydrogen (secondary N) is 2. The standard InChI is InChI=1S/C23H23N3O6.Na.H/c1-14-6-3-4-9-19(14)32-16-8-5-7-15(12-16)17(13-20(28)29)24-23(31)25-21-18(27)10-11-26(2)22(21)30;;/h3-12,17,21H,13H2,1-2H3,(H,28,29)(H2,24,25,31);;/q;+1;-1. The van der Waals surface area contributed by atoms with Gasteiger partial charge in [-0.25, -0.2) is 4.79 Å². The van der Waals surface area contributed by atoms with E-state index in [0.717, 1.165) is 5.56 Å². The maximum atomic E-state index is 12.5. The number of carbonyl (C=O) groups excluding carboxylic acids is 3. The van der Waals surface area contributed by atoms with E-state index in [1.807, 2.05) is 31.2 Å². The van der Waals surface area contributed by atoms with Gasteiger partial charge in [0.1, 0.15) is 11.5 Å². The number of aliphatic carboxylic acids is 1. The predicted octanol–water partition coefficient (Wildman–Crippen LogP) is -0.358. The molecule has 1 aliphatic rings. The van der Waals surface area contributed by atoms with Gasteiger partial charge in [0.2, 0.25) is 0 Å². The molecule has 2 aromatic carbocycles. The van der Waals surface area contributed by atoms with Gasteiger partial charge in [0, 0.05) is 19.3 Å². The number of hydrogen-bond donors (Lipinski definition) is 3. The number of nitrogens with zero attached hydrogens (tertiary/aromatic N) is 1. The Morgan fingerprint density at radius 3 is 2.61 bits per heavy atom. The number of hydrogen-bond acceptors (Lipinski definition) is 5. The van der Waals surface area contributed by atoms with Crippen LogP contribution in [0.5, 0.6) is 11.5 Å². The molecule has 1 heterocycles. The molecule has 0 aliphatic carbocycles. The summed E-state index contributed by atoms with van der Waals surface area (Å²) in [4.78, 5) is 49.2. The van der Waals surface area contributed by atoms with Crippen molar-refractivity contribution in [1.29, 1.82) is 0 Å². The van der Waals surface area contributed by atoms with Crippen molar-refractivity contribution in [2.24, 2.45) is 0 Å². The Morgan fingerprint density at radius 1 is 1.18 bits per heavy atom. The molecule has 3 amide bonds. The van der Waals surface area contributed by atoms with Crippen molar-refractivity contribution in [3.05, 3.63) is 71.9 Å². The average Bonchev–Trinajstić information content (AvgIpc) is 2.75. The number of ether oxygens (including phenoxy) is 1. The number of urea groups is 1. The summed E-state index contributed by atoms with van der Waals surface area (Å²) >= 11 is 0. The van der Waals surface area contributed by atoms with E-state index < -0.39 is 42.2 Å². The van der Waals surface area contributed by atoms with Crippen molar-refractivity contribution >= 4 is 23.7 Å². The monoisotopic (exact) mass is 461 g/mol. The summed E-state index contributed by atoms with van der Waals surface area (Å²) in [6.45, 7) is 1.90. The van der Waals surface area contributed by atoms with Crippen LogP contribution < -0.4 is 44.9 Å². The first-order valence-electron chi connectivity index (χ1n) is 9.85. The molecule has 0 bridgehead atoms. The van der Waals surface area contributed by atoms with Gasteiger partial charge in [0.15, 0.2) is 11.8 Å². The van der Waals surface area contributed by atoms with Gasteiger partial charge >= 0.3 is 41.6 Å². The van der Waals surface area contributed by atoms with E-state index in [0.29, 0.717) is 17.1 Å². The second-order valence-electron chi connectivity index (χ2n) is 7.31. The average molecular weight is 461 g/mol. The molecule has 0 fully saturated rings. The molecule has 0 spiro atoms. The van der Waals surface area contributed by atoms with Gasteiger partial charge in [-0.05, 0) is 36.2 Å².